The minimum Gasteiger partial charge on any atom is -0.384 e. The van der Waals surface area contributed by atoms with Gasteiger partial charge in [-0.25, -0.2) is 13.8 Å². The molecule has 3 aromatic rings. The molecule has 0 saturated carbocycles. The van der Waals surface area contributed by atoms with Crippen LogP contribution >= 0.6 is 11.3 Å². The molecule has 2 aromatic heterocycles. The third kappa shape index (κ3) is 2.92. The zero-order valence-electron chi connectivity index (χ0n) is 12.3. The second kappa shape index (κ2) is 5.96. The first-order chi connectivity index (χ1) is 10.5. The maximum atomic E-state index is 13.7. The monoisotopic (exact) mass is 319 g/mol. The van der Waals surface area contributed by atoms with Crippen LogP contribution in [-0.4, -0.2) is 16.5 Å². The topological polar surface area (TPSA) is 37.8 Å². The summed E-state index contributed by atoms with van der Waals surface area (Å²) in [5.41, 5.74) is 1.90. The fraction of sp³-hybridized carbons (Fsp3) is 0.250. The van der Waals surface area contributed by atoms with E-state index in [1.165, 1.54) is 17.1 Å². The van der Waals surface area contributed by atoms with Gasteiger partial charge in [-0.2, -0.15) is 0 Å². The molecule has 1 N–H and O–H groups in total. The molecule has 114 valence electrons. The molecule has 22 heavy (non-hydrogen) atoms. The Kier molecular flexibility index (Phi) is 4.02. The van der Waals surface area contributed by atoms with E-state index in [0.29, 0.717) is 17.6 Å². The lowest BCUT2D eigenvalue weighted by atomic mass is 10.1. The Bertz CT molecular complexity index is 830. The molecular formula is C16H15F2N3S. The third-order valence-electron chi connectivity index (χ3n) is 3.43. The van der Waals surface area contributed by atoms with E-state index in [4.69, 9.17) is 0 Å². The standard InChI is InChI=1S/C16H15F2N3S/c1-9-15(22-10(2)21-9)4-6-19-14-3-5-20-16-12(14)7-11(17)8-13(16)18/h3,5,7-8H,4,6H2,1-2H3,(H,19,20). The van der Waals surface area contributed by atoms with Gasteiger partial charge in [0.25, 0.3) is 0 Å². The quantitative estimate of drug-likeness (QED) is 0.781. The summed E-state index contributed by atoms with van der Waals surface area (Å²) in [6.07, 6.45) is 2.34. The van der Waals surface area contributed by atoms with Gasteiger partial charge in [-0.1, -0.05) is 0 Å². The first-order valence-corrected chi connectivity index (χ1v) is 7.77. The van der Waals surface area contributed by atoms with Crippen molar-refractivity contribution in [1.82, 2.24) is 9.97 Å². The smallest absolute Gasteiger partial charge is 0.152 e. The van der Waals surface area contributed by atoms with Crippen molar-refractivity contribution in [1.29, 1.82) is 0 Å². The Balaban J connectivity index is 1.81. The van der Waals surface area contributed by atoms with Gasteiger partial charge in [-0.15, -0.1) is 11.3 Å². The van der Waals surface area contributed by atoms with Crippen molar-refractivity contribution in [2.24, 2.45) is 0 Å². The molecule has 0 unspecified atom stereocenters. The van der Waals surface area contributed by atoms with E-state index in [9.17, 15) is 8.78 Å². The number of aromatic nitrogens is 2. The molecule has 6 heteroatoms. The van der Waals surface area contributed by atoms with Gasteiger partial charge in [-0.3, -0.25) is 4.98 Å². The summed E-state index contributed by atoms with van der Waals surface area (Å²) in [6.45, 7) is 4.64. The average molecular weight is 319 g/mol. The molecule has 0 bridgehead atoms. The number of fused-ring (bicyclic) bond motifs is 1. The summed E-state index contributed by atoms with van der Waals surface area (Å²) >= 11 is 1.67. The molecule has 0 saturated heterocycles. The maximum Gasteiger partial charge on any atom is 0.152 e. The Morgan fingerprint density at radius 2 is 2.05 bits per heavy atom. The summed E-state index contributed by atoms with van der Waals surface area (Å²) < 4.78 is 27.2. The van der Waals surface area contributed by atoms with Crippen LogP contribution in [0, 0.1) is 25.5 Å². The van der Waals surface area contributed by atoms with Crippen LogP contribution in [0.3, 0.4) is 0 Å². The van der Waals surface area contributed by atoms with Crippen LogP contribution in [0.1, 0.15) is 15.6 Å². The van der Waals surface area contributed by atoms with Gasteiger partial charge < -0.3 is 5.32 Å². The van der Waals surface area contributed by atoms with Gasteiger partial charge in [0.1, 0.15) is 11.3 Å². The van der Waals surface area contributed by atoms with Crippen molar-refractivity contribution in [3.05, 3.63) is 51.6 Å². The minimum atomic E-state index is -0.646. The molecule has 0 radical (unpaired) electrons. The fourth-order valence-electron chi connectivity index (χ4n) is 2.45. The predicted octanol–water partition coefficient (Wildman–Crippen LogP) is 4.24. The number of hydrogen-bond acceptors (Lipinski definition) is 4. The molecule has 0 aliphatic rings. The van der Waals surface area contributed by atoms with E-state index in [1.54, 1.807) is 17.4 Å². The van der Waals surface area contributed by atoms with E-state index in [1.807, 2.05) is 13.8 Å². The lowest BCUT2D eigenvalue weighted by Gasteiger charge is -2.09. The first kappa shape index (κ1) is 14.8. The van der Waals surface area contributed by atoms with Crippen molar-refractivity contribution in [2.75, 3.05) is 11.9 Å². The van der Waals surface area contributed by atoms with E-state index in [0.717, 1.165) is 23.2 Å². The van der Waals surface area contributed by atoms with Crippen molar-refractivity contribution in [3.63, 3.8) is 0 Å². The number of hydrogen-bond donors (Lipinski definition) is 1. The van der Waals surface area contributed by atoms with Crippen LogP contribution in [-0.2, 0) is 6.42 Å². The van der Waals surface area contributed by atoms with Crippen LogP contribution < -0.4 is 5.32 Å². The molecule has 0 fully saturated rings. The highest BCUT2D eigenvalue weighted by molar-refractivity contribution is 7.11. The Hall–Kier alpha value is -2.08. The normalized spacial score (nSPS) is 11.1. The third-order valence-corrected chi connectivity index (χ3v) is 4.56. The number of halogens is 2. The van der Waals surface area contributed by atoms with Crippen molar-refractivity contribution >= 4 is 27.9 Å². The molecule has 0 atom stereocenters. The van der Waals surface area contributed by atoms with E-state index >= 15 is 0 Å². The summed E-state index contributed by atoms with van der Waals surface area (Å²) in [4.78, 5) is 9.59. The van der Waals surface area contributed by atoms with E-state index in [2.05, 4.69) is 15.3 Å². The highest BCUT2D eigenvalue weighted by atomic mass is 32.1. The summed E-state index contributed by atoms with van der Waals surface area (Å²) in [7, 11) is 0. The Labute approximate surface area is 131 Å². The molecule has 3 nitrogen and oxygen atoms in total. The lowest BCUT2D eigenvalue weighted by Crippen LogP contribution is -2.05. The zero-order chi connectivity index (χ0) is 15.7. The number of benzene rings is 1. The maximum absolute atomic E-state index is 13.7. The Morgan fingerprint density at radius 3 is 2.77 bits per heavy atom. The van der Waals surface area contributed by atoms with Crippen molar-refractivity contribution in [3.8, 4) is 0 Å². The first-order valence-electron chi connectivity index (χ1n) is 6.95. The largest absolute Gasteiger partial charge is 0.384 e. The molecule has 0 aliphatic carbocycles. The van der Waals surface area contributed by atoms with Crippen molar-refractivity contribution in [2.45, 2.75) is 20.3 Å². The lowest BCUT2D eigenvalue weighted by molar-refractivity contribution is 0.590. The predicted molar refractivity (Wildman–Crippen MR) is 85.4 cm³/mol. The molecule has 1 aromatic carbocycles. The van der Waals surface area contributed by atoms with Gasteiger partial charge >= 0.3 is 0 Å². The fourth-order valence-corrected chi connectivity index (χ4v) is 3.39. The molecule has 0 aliphatic heterocycles. The van der Waals surface area contributed by atoms with Crippen LogP contribution in [0.2, 0.25) is 0 Å². The van der Waals surface area contributed by atoms with Gasteiger partial charge in [0, 0.05) is 41.2 Å². The van der Waals surface area contributed by atoms with Crippen LogP contribution in [0.15, 0.2) is 24.4 Å². The average Bonchev–Trinajstić information content (AvgIpc) is 2.77. The second-order valence-corrected chi connectivity index (χ2v) is 6.35. The number of nitrogens with zero attached hydrogens (tertiary/aromatic N) is 2. The van der Waals surface area contributed by atoms with E-state index in [-0.39, 0.29) is 5.52 Å². The molecule has 0 spiro atoms. The zero-order valence-corrected chi connectivity index (χ0v) is 13.1. The highest BCUT2D eigenvalue weighted by Crippen LogP contribution is 2.25. The highest BCUT2D eigenvalue weighted by Gasteiger charge is 2.09. The SMILES string of the molecule is Cc1nc(C)c(CCNc2ccnc3c(F)cc(F)cc23)s1. The summed E-state index contributed by atoms with van der Waals surface area (Å²) in [6, 6.07) is 3.88. The minimum absolute atomic E-state index is 0.177. The van der Waals surface area contributed by atoms with Crippen molar-refractivity contribution < 1.29 is 8.78 Å². The number of aryl methyl sites for hydroxylation is 2. The van der Waals surface area contributed by atoms with Crippen LogP contribution in [0.25, 0.3) is 10.9 Å². The van der Waals surface area contributed by atoms with Gasteiger partial charge in [0.15, 0.2) is 5.82 Å². The summed E-state index contributed by atoms with van der Waals surface area (Å²) in [5.74, 6) is -1.25. The molecule has 3 rings (SSSR count). The molecule has 2 heterocycles. The van der Waals surface area contributed by atoms with Gasteiger partial charge in [0.2, 0.25) is 0 Å². The number of pyridine rings is 1. The van der Waals surface area contributed by atoms with Gasteiger partial charge in [0.05, 0.1) is 10.7 Å². The van der Waals surface area contributed by atoms with Crippen LogP contribution in [0.5, 0.6) is 0 Å². The number of anilines is 1. The number of thiazole rings is 1. The van der Waals surface area contributed by atoms with Crippen LogP contribution in [0.4, 0.5) is 14.5 Å². The Morgan fingerprint density at radius 1 is 1.23 bits per heavy atom. The molecule has 0 amide bonds. The second-order valence-electron chi connectivity index (χ2n) is 5.06. The summed E-state index contributed by atoms with van der Waals surface area (Å²) in [5, 5.41) is 4.74. The molecular weight excluding hydrogens is 304 g/mol. The van der Waals surface area contributed by atoms with E-state index < -0.39 is 11.6 Å². The number of nitrogens with one attached hydrogen (secondary N) is 1. The number of rotatable bonds is 4. The van der Waals surface area contributed by atoms with Gasteiger partial charge in [-0.05, 0) is 26.0 Å².